The summed E-state index contributed by atoms with van der Waals surface area (Å²) in [6.07, 6.45) is 6.07. The highest BCUT2D eigenvalue weighted by molar-refractivity contribution is 7.18. The van der Waals surface area contributed by atoms with Crippen molar-refractivity contribution < 1.29 is 4.79 Å². The fourth-order valence-corrected chi connectivity index (χ4v) is 5.55. The number of aromatic nitrogens is 2. The van der Waals surface area contributed by atoms with E-state index in [1.165, 1.54) is 15.8 Å². The third-order valence-corrected chi connectivity index (χ3v) is 6.97. The SMILES string of the molecule is C[C@@H]1CCc2c(sc3ncn(CC(=O)N/N=C\c4cccc5ccccc45)c(=O)c23)C1. The lowest BCUT2D eigenvalue weighted by molar-refractivity contribution is -0.121. The van der Waals surface area contributed by atoms with Crippen molar-refractivity contribution in [1.29, 1.82) is 0 Å². The van der Waals surface area contributed by atoms with Crippen LogP contribution in [-0.4, -0.2) is 21.7 Å². The number of amides is 1. The summed E-state index contributed by atoms with van der Waals surface area (Å²) in [6, 6.07) is 13.9. The zero-order valence-corrected chi connectivity index (χ0v) is 18.0. The lowest BCUT2D eigenvalue weighted by Crippen LogP contribution is -2.30. The molecule has 0 saturated carbocycles. The number of carbonyl (C=O) groups excluding carboxylic acids is 1. The van der Waals surface area contributed by atoms with Crippen LogP contribution in [0.1, 0.15) is 29.3 Å². The molecule has 2 aromatic heterocycles. The molecule has 6 nitrogen and oxygen atoms in total. The van der Waals surface area contributed by atoms with E-state index in [-0.39, 0.29) is 18.0 Å². The van der Waals surface area contributed by atoms with Gasteiger partial charge in [0.15, 0.2) is 0 Å². The Morgan fingerprint density at radius 1 is 1.29 bits per heavy atom. The first kappa shape index (κ1) is 19.6. The minimum atomic E-state index is -0.363. The van der Waals surface area contributed by atoms with Gasteiger partial charge in [-0.05, 0) is 41.5 Å². The number of fused-ring (bicyclic) bond motifs is 4. The summed E-state index contributed by atoms with van der Waals surface area (Å²) in [6.45, 7) is 2.12. The van der Waals surface area contributed by atoms with Crippen LogP contribution >= 0.6 is 11.3 Å². The molecular weight excluding hydrogens is 408 g/mol. The summed E-state index contributed by atoms with van der Waals surface area (Å²) >= 11 is 1.61. The highest BCUT2D eigenvalue weighted by Crippen LogP contribution is 2.35. The van der Waals surface area contributed by atoms with Crippen molar-refractivity contribution in [3.8, 4) is 0 Å². The van der Waals surface area contributed by atoms with Gasteiger partial charge in [0, 0.05) is 10.4 Å². The molecule has 4 aromatic rings. The van der Waals surface area contributed by atoms with Crippen LogP contribution in [0.25, 0.3) is 21.0 Å². The number of nitrogens with zero attached hydrogens (tertiary/aromatic N) is 3. The Bertz CT molecular complexity index is 1380. The van der Waals surface area contributed by atoms with Gasteiger partial charge in [0.1, 0.15) is 11.4 Å². The molecule has 156 valence electrons. The zero-order valence-electron chi connectivity index (χ0n) is 17.2. The van der Waals surface area contributed by atoms with Crippen molar-refractivity contribution in [2.45, 2.75) is 32.7 Å². The quantitative estimate of drug-likeness (QED) is 0.394. The van der Waals surface area contributed by atoms with Gasteiger partial charge in [-0.2, -0.15) is 5.10 Å². The van der Waals surface area contributed by atoms with Crippen molar-refractivity contribution in [3.05, 3.63) is 75.1 Å². The van der Waals surface area contributed by atoms with Crippen LogP contribution in [0.15, 0.2) is 58.7 Å². The van der Waals surface area contributed by atoms with E-state index >= 15 is 0 Å². The number of nitrogens with one attached hydrogen (secondary N) is 1. The highest BCUT2D eigenvalue weighted by Gasteiger charge is 2.23. The van der Waals surface area contributed by atoms with E-state index in [0.29, 0.717) is 11.3 Å². The van der Waals surface area contributed by atoms with Crippen LogP contribution < -0.4 is 11.0 Å². The van der Waals surface area contributed by atoms with Crippen LogP contribution in [0.4, 0.5) is 0 Å². The summed E-state index contributed by atoms with van der Waals surface area (Å²) in [5, 5.41) is 6.94. The average molecular weight is 431 g/mol. The summed E-state index contributed by atoms with van der Waals surface area (Å²) < 4.78 is 1.37. The number of benzene rings is 2. The molecule has 0 aliphatic heterocycles. The molecule has 5 rings (SSSR count). The Balaban J connectivity index is 1.34. The number of thiophene rings is 1. The Hall–Kier alpha value is -3.32. The molecule has 0 bridgehead atoms. The Kier molecular flexibility index (Phi) is 5.11. The Morgan fingerprint density at radius 3 is 3.03 bits per heavy atom. The monoisotopic (exact) mass is 430 g/mol. The number of aryl methyl sites for hydroxylation is 1. The molecule has 2 heterocycles. The zero-order chi connectivity index (χ0) is 21.4. The van der Waals surface area contributed by atoms with Crippen molar-refractivity contribution in [2.75, 3.05) is 0 Å². The maximum Gasteiger partial charge on any atom is 0.262 e. The summed E-state index contributed by atoms with van der Waals surface area (Å²) in [5.41, 5.74) is 4.42. The molecule has 1 atom stereocenters. The molecular formula is C24H22N4O2S. The predicted molar refractivity (Wildman–Crippen MR) is 125 cm³/mol. The molecule has 0 fully saturated rings. The van der Waals surface area contributed by atoms with Gasteiger partial charge in [-0.3, -0.25) is 14.2 Å². The second-order valence-electron chi connectivity index (χ2n) is 8.07. The lowest BCUT2D eigenvalue weighted by Gasteiger charge is -2.17. The van der Waals surface area contributed by atoms with Gasteiger partial charge in [0.25, 0.3) is 11.5 Å². The second kappa shape index (κ2) is 8.07. The van der Waals surface area contributed by atoms with Gasteiger partial charge in [-0.1, -0.05) is 49.4 Å². The van der Waals surface area contributed by atoms with E-state index in [9.17, 15) is 9.59 Å². The maximum atomic E-state index is 13.0. The number of hydrazone groups is 1. The number of carbonyl (C=O) groups is 1. The summed E-state index contributed by atoms with van der Waals surface area (Å²) in [7, 11) is 0. The summed E-state index contributed by atoms with van der Waals surface area (Å²) in [5.74, 6) is 0.269. The molecule has 0 spiro atoms. The largest absolute Gasteiger partial charge is 0.289 e. The molecule has 1 N–H and O–H groups in total. The number of rotatable bonds is 4. The van der Waals surface area contributed by atoms with Crippen LogP contribution in [-0.2, 0) is 24.2 Å². The van der Waals surface area contributed by atoms with Crippen LogP contribution in [0, 0.1) is 5.92 Å². The first-order chi connectivity index (χ1) is 15.1. The minimum absolute atomic E-state index is 0.115. The molecule has 31 heavy (non-hydrogen) atoms. The van der Waals surface area contributed by atoms with Crippen molar-refractivity contribution in [2.24, 2.45) is 11.0 Å². The van der Waals surface area contributed by atoms with Crippen molar-refractivity contribution >= 4 is 44.4 Å². The standard InChI is InChI=1S/C24H22N4O2S/c1-15-9-10-19-20(11-15)31-23-22(19)24(30)28(14-25-23)13-21(29)27-26-12-17-7-4-6-16-5-2-3-8-18(16)17/h2-8,12,14-15H,9-11,13H2,1H3,(H,27,29)/b26-12-/t15-/m1/s1. The number of hydrogen-bond acceptors (Lipinski definition) is 5. The van der Waals surface area contributed by atoms with Gasteiger partial charge >= 0.3 is 0 Å². The molecule has 0 unspecified atom stereocenters. The second-order valence-corrected chi connectivity index (χ2v) is 9.15. The molecule has 1 aliphatic rings. The van der Waals surface area contributed by atoms with Crippen LogP contribution in [0.5, 0.6) is 0 Å². The third-order valence-electron chi connectivity index (χ3n) is 5.81. The van der Waals surface area contributed by atoms with Gasteiger partial charge in [-0.15, -0.1) is 11.3 Å². The van der Waals surface area contributed by atoms with Crippen molar-refractivity contribution in [3.63, 3.8) is 0 Å². The average Bonchev–Trinajstić information content (AvgIpc) is 3.14. The highest BCUT2D eigenvalue weighted by atomic mass is 32.1. The van der Waals surface area contributed by atoms with E-state index in [1.807, 2.05) is 42.5 Å². The van der Waals surface area contributed by atoms with E-state index < -0.39 is 0 Å². The van der Waals surface area contributed by atoms with E-state index in [1.54, 1.807) is 17.6 Å². The molecule has 7 heteroatoms. The van der Waals surface area contributed by atoms with Crippen molar-refractivity contribution in [1.82, 2.24) is 15.0 Å². The van der Waals surface area contributed by atoms with E-state index in [0.717, 1.165) is 46.0 Å². The molecule has 1 aliphatic carbocycles. The Morgan fingerprint density at radius 2 is 2.13 bits per heavy atom. The minimum Gasteiger partial charge on any atom is -0.289 e. The van der Waals surface area contributed by atoms with Gasteiger partial charge in [0.05, 0.1) is 17.9 Å². The fraction of sp³-hybridized carbons (Fsp3) is 0.250. The third kappa shape index (κ3) is 3.77. The molecule has 0 saturated heterocycles. The van der Waals surface area contributed by atoms with Gasteiger partial charge in [-0.25, -0.2) is 10.4 Å². The topological polar surface area (TPSA) is 76.3 Å². The van der Waals surface area contributed by atoms with Gasteiger partial charge in [0.2, 0.25) is 0 Å². The molecule has 0 radical (unpaired) electrons. The predicted octanol–water partition coefficient (Wildman–Crippen LogP) is 3.89. The maximum absolute atomic E-state index is 13.0. The van der Waals surface area contributed by atoms with E-state index in [4.69, 9.17) is 0 Å². The lowest BCUT2D eigenvalue weighted by atomic mass is 9.89. The Labute approximate surface area is 183 Å². The smallest absolute Gasteiger partial charge is 0.262 e. The first-order valence-electron chi connectivity index (χ1n) is 10.4. The van der Waals surface area contributed by atoms with Crippen LogP contribution in [0.2, 0.25) is 0 Å². The van der Waals surface area contributed by atoms with E-state index in [2.05, 4.69) is 22.4 Å². The summed E-state index contributed by atoms with van der Waals surface area (Å²) in [4.78, 5) is 31.9. The number of hydrogen-bond donors (Lipinski definition) is 1. The van der Waals surface area contributed by atoms with Crippen LogP contribution in [0.3, 0.4) is 0 Å². The molecule has 1 amide bonds. The van der Waals surface area contributed by atoms with Gasteiger partial charge < -0.3 is 0 Å². The normalized spacial score (nSPS) is 16.1. The molecule has 2 aromatic carbocycles. The first-order valence-corrected chi connectivity index (χ1v) is 11.2. The fourth-order valence-electron chi connectivity index (χ4n) is 4.21.